The van der Waals surface area contributed by atoms with Crippen LogP contribution >= 0.6 is 0 Å². The van der Waals surface area contributed by atoms with Crippen molar-refractivity contribution in [3.8, 4) is 11.6 Å². The van der Waals surface area contributed by atoms with Gasteiger partial charge in [0.05, 0.1) is 38.6 Å². The molecule has 0 radical (unpaired) electrons. The summed E-state index contributed by atoms with van der Waals surface area (Å²) in [7, 11) is 4.38. The molecule has 1 aromatic carbocycles. The second kappa shape index (κ2) is 10.7. The molecular weight excluding hydrogens is 490 g/mol. The molecule has 2 N–H and O–H groups in total. The molecule has 0 saturated carbocycles. The predicted octanol–water partition coefficient (Wildman–Crippen LogP) is 2.68. The van der Waals surface area contributed by atoms with E-state index in [1.807, 2.05) is 0 Å². The van der Waals surface area contributed by atoms with Gasteiger partial charge in [-0.3, -0.25) is 9.69 Å². The average Bonchev–Trinajstić information content (AvgIpc) is 3.65. The number of ether oxygens (including phenoxy) is 3. The van der Waals surface area contributed by atoms with E-state index in [0.29, 0.717) is 52.3 Å². The zero-order chi connectivity index (χ0) is 26.6. The van der Waals surface area contributed by atoms with Crippen molar-refractivity contribution in [2.24, 2.45) is 0 Å². The number of nitrogens with one attached hydrogen (secondary N) is 2. The Kier molecular flexibility index (Phi) is 7.05. The summed E-state index contributed by atoms with van der Waals surface area (Å²) in [6.07, 6.45) is 4.11. The van der Waals surface area contributed by atoms with Crippen LogP contribution in [0.15, 0.2) is 54.9 Å². The topological polar surface area (TPSA) is 132 Å². The molecule has 196 valence electrons. The summed E-state index contributed by atoms with van der Waals surface area (Å²) in [4.78, 5) is 36.3. The Hall–Kier alpha value is -4.71. The highest BCUT2D eigenvalue weighted by molar-refractivity contribution is 6.07. The van der Waals surface area contributed by atoms with Crippen molar-refractivity contribution >= 4 is 34.8 Å². The van der Waals surface area contributed by atoms with Crippen LogP contribution in [-0.2, 0) is 4.74 Å². The Morgan fingerprint density at radius 3 is 2.55 bits per heavy atom. The van der Waals surface area contributed by atoms with Crippen LogP contribution in [0.5, 0.6) is 11.6 Å². The summed E-state index contributed by atoms with van der Waals surface area (Å²) in [6, 6.07) is 11.5. The van der Waals surface area contributed by atoms with Crippen LogP contribution < -0.4 is 25.0 Å². The molecule has 1 atom stereocenters. The Balaban J connectivity index is 1.54. The van der Waals surface area contributed by atoms with Crippen LogP contribution in [0.1, 0.15) is 27.1 Å². The minimum absolute atomic E-state index is 0.122. The number of nitrogens with zero attached hydrogens (tertiary/aromatic N) is 5. The van der Waals surface area contributed by atoms with E-state index in [-0.39, 0.29) is 11.9 Å². The van der Waals surface area contributed by atoms with Gasteiger partial charge in [-0.15, -0.1) is 5.10 Å². The number of anilines is 3. The number of rotatable bonds is 8. The fourth-order valence-corrected chi connectivity index (χ4v) is 4.37. The first-order valence-electron chi connectivity index (χ1n) is 12.0. The number of esters is 1. The molecule has 38 heavy (non-hydrogen) atoms. The average molecular weight is 518 g/mol. The van der Waals surface area contributed by atoms with E-state index in [1.165, 1.54) is 14.2 Å². The summed E-state index contributed by atoms with van der Waals surface area (Å²) >= 11 is 0. The number of benzene rings is 1. The van der Waals surface area contributed by atoms with Gasteiger partial charge in [-0.05, 0) is 49.4 Å². The minimum Gasteiger partial charge on any atom is -0.491 e. The number of hydrogen-bond acceptors (Lipinski definition) is 10. The van der Waals surface area contributed by atoms with Crippen LogP contribution in [0.2, 0.25) is 0 Å². The Morgan fingerprint density at radius 2 is 1.87 bits per heavy atom. The van der Waals surface area contributed by atoms with E-state index < -0.39 is 5.97 Å². The van der Waals surface area contributed by atoms with E-state index in [9.17, 15) is 9.59 Å². The number of aromatic nitrogens is 4. The summed E-state index contributed by atoms with van der Waals surface area (Å²) in [5.41, 5.74) is 1.95. The fourth-order valence-electron chi connectivity index (χ4n) is 4.37. The van der Waals surface area contributed by atoms with Crippen molar-refractivity contribution in [3.63, 3.8) is 0 Å². The Morgan fingerprint density at radius 1 is 1.08 bits per heavy atom. The van der Waals surface area contributed by atoms with Gasteiger partial charge in [0.2, 0.25) is 0 Å². The number of fused-ring (bicyclic) bond motifs is 1. The number of imidazole rings is 1. The molecule has 1 amide bonds. The van der Waals surface area contributed by atoms with Gasteiger partial charge in [0.1, 0.15) is 5.82 Å². The maximum atomic E-state index is 13.8. The van der Waals surface area contributed by atoms with E-state index >= 15 is 0 Å². The zero-order valence-corrected chi connectivity index (χ0v) is 21.2. The molecule has 3 aromatic heterocycles. The number of methoxy groups -OCH3 is 3. The second-order valence-electron chi connectivity index (χ2n) is 8.54. The molecular formula is C26H27N7O5. The third-order valence-corrected chi connectivity index (χ3v) is 6.27. The van der Waals surface area contributed by atoms with Gasteiger partial charge in [-0.25, -0.2) is 14.3 Å². The quantitative estimate of drug-likeness (QED) is 0.336. The largest absolute Gasteiger partial charge is 0.491 e. The molecule has 1 aliphatic heterocycles. The van der Waals surface area contributed by atoms with E-state index in [0.717, 1.165) is 13.0 Å². The number of pyridine rings is 1. The number of hydrogen-bond donors (Lipinski definition) is 2. The maximum absolute atomic E-state index is 13.8. The molecule has 5 rings (SSSR count). The van der Waals surface area contributed by atoms with E-state index in [2.05, 4.69) is 20.6 Å². The second-order valence-corrected chi connectivity index (χ2v) is 8.54. The highest BCUT2D eigenvalue weighted by Crippen LogP contribution is 2.31. The Labute approximate surface area is 218 Å². The van der Waals surface area contributed by atoms with Gasteiger partial charge >= 0.3 is 5.97 Å². The van der Waals surface area contributed by atoms with Gasteiger partial charge in [0, 0.05) is 30.6 Å². The summed E-state index contributed by atoms with van der Waals surface area (Å²) in [5, 5.41) is 11.3. The van der Waals surface area contributed by atoms with Crippen molar-refractivity contribution in [1.29, 1.82) is 0 Å². The van der Waals surface area contributed by atoms with Crippen molar-refractivity contribution in [3.05, 3.63) is 66.0 Å². The first-order valence-corrected chi connectivity index (χ1v) is 12.0. The van der Waals surface area contributed by atoms with Crippen LogP contribution in [0.25, 0.3) is 5.65 Å². The third kappa shape index (κ3) is 4.81. The van der Waals surface area contributed by atoms with Crippen molar-refractivity contribution in [2.75, 3.05) is 44.6 Å². The smallest absolute Gasteiger partial charge is 0.337 e. The molecule has 1 aliphatic rings. The van der Waals surface area contributed by atoms with Crippen molar-refractivity contribution in [1.82, 2.24) is 24.9 Å². The lowest BCUT2D eigenvalue weighted by atomic mass is 10.1. The molecule has 12 heteroatoms. The van der Waals surface area contributed by atoms with Gasteiger partial charge in [0.25, 0.3) is 11.8 Å². The normalized spacial score (nSPS) is 14.8. The highest BCUT2D eigenvalue weighted by atomic mass is 16.5. The first kappa shape index (κ1) is 25.0. The maximum Gasteiger partial charge on any atom is 0.337 e. The third-order valence-electron chi connectivity index (χ3n) is 6.27. The van der Waals surface area contributed by atoms with Gasteiger partial charge in [0.15, 0.2) is 17.2 Å². The SMILES string of the molecule is COC(=O)c1ccc(C(=O)N(c2cc(Nc3ccc(OC)c(OC)n3)c3nccn3n2)C2CCNC2)cc1. The monoisotopic (exact) mass is 517 g/mol. The summed E-state index contributed by atoms with van der Waals surface area (Å²) < 4.78 is 17.0. The number of carbonyl (C=O) groups is 2. The molecule has 0 aliphatic carbocycles. The predicted molar refractivity (Wildman–Crippen MR) is 139 cm³/mol. The first-order chi connectivity index (χ1) is 18.5. The molecule has 0 spiro atoms. The number of amides is 1. The van der Waals surface area contributed by atoms with E-state index in [1.54, 1.807) is 71.4 Å². The van der Waals surface area contributed by atoms with Crippen molar-refractivity contribution < 1.29 is 23.8 Å². The molecule has 12 nitrogen and oxygen atoms in total. The molecule has 4 heterocycles. The lowest BCUT2D eigenvalue weighted by molar-refractivity contribution is 0.0600. The highest BCUT2D eigenvalue weighted by Gasteiger charge is 2.31. The number of carbonyl (C=O) groups excluding carboxylic acids is 2. The summed E-state index contributed by atoms with van der Waals surface area (Å²) in [6.45, 7) is 1.40. The van der Waals surface area contributed by atoms with Crippen LogP contribution in [0.3, 0.4) is 0 Å². The molecule has 1 saturated heterocycles. The molecule has 4 aromatic rings. The van der Waals surface area contributed by atoms with Gasteiger partial charge < -0.3 is 24.8 Å². The van der Waals surface area contributed by atoms with Crippen LogP contribution in [0, 0.1) is 0 Å². The Bertz CT molecular complexity index is 1460. The zero-order valence-electron chi connectivity index (χ0n) is 21.2. The molecule has 0 bridgehead atoms. The molecule has 1 unspecified atom stereocenters. The standard InChI is InChI=1S/C26H27N7O5/c1-36-20-8-9-21(30-24(20)37-2)29-19-14-22(31-32-13-12-28-23(19)32)33(18-10-11-27-15-18)25(34)16-4-6-17(7-5-16)26(35)38-3/h4-9,12-14,18,27H,10-11,15H2,1-3H3,(H,29,30). The summed E-state index contributed by atoms with van der Waals surface area (Å²) in [5.74, 6) is 1.07. The lowest BCUT2D eigenvalue weighted by Gasteiger charge is -2.28. The van der Waals surface area contributed by atoms with Gasteiger partial charge in [-0.2, -0.15) is 4.98 Å². The molecule has 1 fully saturated rings. The van der Waals surface area contributed by atoms with E-state index in [4.69, 9.17) is 19.3 Å². The van der Waals surface area contributed by atoms with Crippen molar-refractivity contribution in [2.45, 2.75) is 12.5 Å². The fraction of sp³-hybridized carbons (Fsp3) is 0.269. The van der Waals surface area contributed by atoms with Crippen LogP contribution in [-0.4, -0.2) is 71.9 Å². The minimum atomic E-state index is -0.465. The van der Waals surface area contributed by atoms with Gasteiger partial charge in [-0.1, -0.05) is 0 Å². The lowest BCUT2D eigenvalue weighted by Crippen LogP contribution is -2.42. The van der Waals surface area contributed by atoms with Crippen LogP contribution in [0.4, 0.5) is 17.3 Å².